The Morgan fingerprint density at radius 2 is 1.20 bits per heavy atom. The van der Waals surface area contributed by atoms with Crippen LogP contribution in [0.2, 0.25) is 0 Å². The molecule has 4 nitrogen and oxygen atoms in total. The molecule has 4 rings (SSSR count). The Labute approximate surface area is 178 Å². The SMILES string of the molecule is COc1ccc(C(OC2CCCC2O)(c2ccccc2)c2ccc(OC)cc2)cc1. The average molecular weight is 405 g/mol. The Balaban J connectivity index is 1.93. The van der Waals surface area contributed by atoms with Gasteiger partial charge in [0.15, 0.2) is 0 Å². The molecule has 2 atom stereocenters. The largest absolute Gasteiger partial charge is 0.497 e. The maximum Gasteiger partial charge on any atom is 0.144 e. The lowest BCUT2D eigenvalue weighted by molar-refractivity contribution is -0.0886. The molecular formula is C26H28O4. The summed E-state index contributed by atoms with van der Waals surface area (Å²) in [5.41, 5.74) is 2.12. The molecule has 1 aliphatic rings. The Bertz CT molecular complexity index is 888. The molecule has 0 amide bonds. The first kappa shape index (κ1) is 20.5. The van der Waals surface area contributed by atoms with Crippen LogP contribution in [0.5, 0.6) is 11.5 Å². The first-order chi connectivity index (χ1) is 14.7. The molecule has 1 N–H and O–H groups in total. The first-order valence-electron chi connectivity index (χ1n) is 10.4. The molecule has 156 valence electrons. The van der Waals surface area contributed by atoms with E-state index in [4.69, 9.17) is 14.2 Å². The van der Waals surface area contributed by atoms with Crippen molar-refractivity contribution in [3.05, 3.63) is 95.6 Å². The van der Waals surface area contributed by atoms with Gasteiger partial charge in [-0.3, -0.25) is 0 Å². The van der Waals surface area contributed by atoms with Crippen molar-refractivity contribution in [2.24, 2.45) is 0 Å². The minimum absolute atomic E-state index is 0.241. The van der Waals surface area contributed by atoms with E-state index in [0.717, 1.165) is 47.5 Å². The third kappa shape index (κ3) is 3.81. The summed E-state index contributed by atoms with van der Waals surface area (Å²) in [5.74, 6) is 1.58. The van der Waals surface area contributed by atoms with E-state index in [1.54, 1.807) is 14.2 Å². The summed E-state index contributed by atoms with van der Waals surface area (Å²) in [7, 11) is 3.32. The molecule has 3 aromatic rings. The number of hydrogen-bond donors (Lipinski definition) is 1. The Morgan fingerprint density at radius 1 is 0.700 bits per heavy atom. The van der Waals surface area contributed by atoms with Crippen LogP contribution in [0.15, 0.2) is 78.9 Å². The molecule has 2 unspecified atom stereocenters. The van der Waals surface area contributed by atoms with Crippen molar-refractivity contribution in [1.29, 1.82) is 0 Å². The van der Waals surface area contributed by atoms with Crippen molar-refractivity contribution >= 4 is 0 Å². The van der Waals surface area contributed by atoms with Crippen LogP contribution in [0, 0.1) is 0 Å². The zero-order valence-corrected chi connectivity index (χ0v) is 17.5. The maximum absolute atomic E-state index is 10.6. The molecule has 0 saturated heterocycles. The van der Waals surface area contributed by atoms with Crippen LogP contribution in [0.4, 0.5) is 0 Å². The monoisotopic (exact) mass is 404 g/mol. The van der Waals surface area contributed by atoms with Gasteiger partial charge >= 0.3 is 0 Å². The minimum atomic E-state index is -0.865. The van der Waals surface area contributed by atoms with E-state index in [0.29, 0.717) is 0 Å². The van der Waals surface area contributed by atoms with Gasteiger partial charge in [0.25, 0.3) is 0 Å². The zero-order chi connectivity index (χ0) is 21.0. The van der Waals surface area contributed by atoms with E-state index in [1.807, 2.05) is 66.7 Å². The molecule has 0 heterocycles. The van der Waals surface area contributed by atoms with E-state index in [2.05, 4.69) is 12.1 Å². The number of benzene rings is 3. The number of ether oxygens (including phenoxy) is 3. The van der Waals surface area contributed by atoms with Gasteiger partial charge in [-0.1, -0.05) is 54.6 Å². The molecule has 1 fully saturated rings. The molecule has 0 spiro atoms. The minimum Gasteiger partial charge on any atom is -0.497 e. The van der Waals surface area contributed by atoms with Crippen LogP contribution in [-0.4, -0.2) is 31.5 Å². The van der Waals surface area contributed by atoms with E-state index < -0.39 is 11.7 Å². The third-order valence-corrected chi connectivity index (χ3v) is 5.92. The average Bonchev–Trinajstić information content (AvgIpc) is 3.22. The van der Waals surface area contributed by atoms with E-state index in [1.165, 1.54) is 0 Å². The number of aliphatic hydroxyl groups is 1. The van der Waals surface area contributed by atoms with Gasteiger partial charge in [-0.05, 0) is 60.2 Å². The van der Waals surface area contributed by atoms with Gasteiger partial charge < -0.3 is 19.3 Å². The standard InChI is InChI=1S/C26H28O4/c1-28-22-15-11-20(12-16-22)26(19-7-4-3-5-8-19,30-25-10-6-9-24(25)27)21-13-17-23(29-2)18-14-21/h3-5,7-8,11-18,24-25,27H,6,9-10H2,1-2H3. The highest BCUT2D eigenvalue weighted by atomic mass is 16.5. The van der Waals surface area contributed by atoms with Gasteiger partial charge in [0, 0.05) is 0 Å². The summed E-state index contributed by atoms with van der Waals surface area (Å²) in [6.07, 6.45) is 1.85. The van der Waals surface area contributed by atoms with Crippen LogP contribution >= 0.6 is 0 Å². The van der Waals surface area contributed by atoms with Gasteiger partial charge in [-0.2, -0.15) is 0 Å². The molecule has 30 heavy (non-hydrogen) atoms. The van der Waals surface area contributed by atoms with Crippen LogP contribution in [0.3, 0.4) is 0 Å². The highest BCUT2D eigenvalue weighted by Gasteiger charge is 2.42. The molecule has 1 saturated carbocycles. The second kappa shape index (κ2) is 8.90. The van der Waals surface area contributed by atoms with Crippen LogP contribution in [-0.2, 0) is 10.3 Å². The number of aliphatic hydroxyl groups excluding tert-OH is 1. The van der Waals surface area contributed by atoms with Crippen molar-refractivity contribution in [3.63, 3.8) is 0 Å². The van der Waals surface area contributed by atoms with Gasteiger partial charge in [0.1, 0.15) is 17.1 Å². The summed E-state index contributed by atoms with van der Waals surface area (Å²) in [6, 6.07) is 26.2. The molecule has 0 radical (unpaired) electrons. The molecule has 0 aromatic heterocycles. The Morgan fingerprint density at radius 3 is 1.63 bits per heavy atom. The normalized spacial score (nSPS) is 18.9. The van der Waals surface area contributed by atoms with Gasteiger partial charge in [-0.15, -0.1) is 0 Å². The summed E-state index contributed by atoms with van der Waals surface area (Å²) in [6.45, 7) is 0. The third-order valence-electron chi connectivity index (χ3n) is 5.92. The predicted octanol–water partition coefficient (Wildman–Crippen LogP) is 4.93. The van der Waals surface area contributed by atoms with E-state index in [-0.39, 0.29) is 6.10 Å². The Hall–Kier alpha value is -2.82. The van der Waals surface area contributed by atoms with Crippen LogP contribution in [0.1, 0.15) is 36.0 Å². The topological polar surface area (TPSA) is 47.9 Å². The molecule has 0 aliphatic heterocycles. The predicted molar refractivity (Wildman–Crippen MR) is 117 cm³/mol. The molecule has 1 aliphatic carbocycles. The van der Waals surface area contributed by atoms with Crippen molar-refractivity contribution < 1.29 is 19.3 Å². The quantitative estimate of drug-likeness (QED) is 0.568. The summed E-state index contributed by atoms with van der Waals surface area (Å²) >= 11 is 0. The summed E-state index contributed by atoms with van der Waals surface area (Å²) < 4.78 is 17.6. The molecule has 3 aromatic carbocycles. The fourth-order valence-electron chi connectivity index (χ4n) is 4.30. The second-order valence-electron chi connectivity index (χ2n) is 7.66. The number of hydrogen-bond acceptors (Lipinski definition) is 4. The van der Waals surface area contributed by atoms with Gasteiger partial charge in [-0.25, -0.2) is 0 Å². The van der Waals surface area contributed by atoms with Gasteiger partial charge in [0.05, 0.1) is 26.4 Å². The lowest BCUT2D eigenvalue weighted by Crippen LogP contribution is -2.39. The highest BCUT2D eigenvalue weighted by molar-refractivity contribution is 5.49. The first-order valence-corrected chi connectivity index (χ1v) is 10.4. The van der Waals surface area contributed by atoms with Crippen molar-refractivity contribution in [3.8, 4) is 11.5 Å². The maximum atomic E-state index is 10.6. The molecule has 4 heteroatoms. The van der Waals surface area contributed by atoms with Crippen LogP contribution in [0.25, 0.3) is 0 Å². The van der Waals surface area contributed by atoms with E-state index in [9.17, 15) is 5.11 Å². The molecule has 0 bridgehead atoms. The summed E-state index contributed by atoms with van der Waals surface area (Å²) in [4.78, 5) is 0. The fourth-order valence-corrected chi connectivity index (χ4v) is 4.30. The number of methoxy groups -OCH3 is 2. The number of rotatable bonds is 7. The Kier molecular flexibility index (Phi) is 6.07. The van der Waals surface area contributed by atoms with Crippen molar-refractivity contribution in [2.75, 3.05) is 14.2 Å². The van der Waals surface area contributed by atoms with Crippen molar-refractivity contribution in [2.45, 2.75) is 37.1 Å². The zero-order valence-electron chi connectivity index (χ0n) is 17.5. The summed E-state index contributed by atoms with van der Waals surface area (Å²) in [5, 5.41) is 10.6. The lowest BCUT2D eigenvalue weighted by atomic mass is 9.79. The van der Waals surface area contributed by atoms with Crippen molar-refractivity contribution in [1.82, 2.24) is 0 Å². The van der Waals surface area contributed by atoms with E-state index >= 15 is 0 Å². The second-order valence-corrected chi connectivity index (χ2v) is 7.66. The lowest BCUT2D eigenvalue weighted by Gasteiger charge is -2.39. The van der Waals surface area contributed by atoms with Crippen LogP contribution < -0.4 is 9.47 Å². The molecular weight excluding hydrogens is 376 g/mol. The smallest absolute Gasteiger partial charge is 0.144 e. The highest BCUT2D eigenvalue weighted by Crippen LogP contribution is 2.44. The van der Waals surface area contributed by atoms with Gasteiger partial charge in [0.2, 0.25) is 0 Å². The fraction of sp³-hybridized carbons (Fsp3) is 0.308.